The Hall–Kier alpha value is -0.610. The quantitative estimate of drug-likeness (QED) is 0.703. The molecule has 1 amide bonds. The summed E-state index contributed by atoms with van der Waals surface area (Å²) in [4.78, 5) is 14.1. The van der Waals surface area contributed by atoms with Crippen LogP contribution in [0.25, 0.3) is 0 Å². The van der Waals surface area contributed by atoms with E-state index in [1.165, 1.54) is 6.07 Å². The molecule has 1 atom stereocenters. The molecule has 0 aromatic heterocycles. The van der Waals surface area contributed by atoms with Crippen LogP contribution in [-0.2, 0) is 0 Å². The average molecular weight is 335 g/mol. The molecule has 2 nitrogen and oxygen atoms in total. The van der Waals surface area contributed by atoms with Gasteiger partial charge in [-0.25, -0.2) is 4.39 Å². The second-order valence-corrected chi connectivity index (χ2v) is 5.83. The zero-order valence-corrected chi connectivity index (χ0v) is 12.4. The molecular formula is C13H14BrClFNO. The summed E-state index contributed by atoms with van der Waals surface area (Å²) < 4.78 is 13.9. The minimum absolute atomic E-state index is 0.0123. The van der Waals surface area contributed by atoms with Crippen molar-refractivity contribution in [2.24, 2.45) is 0 Å². The van der Waals surface area contributed by atoms with Crippen LogP contribution in [-0.4, -0.2) is 23.4 Å². The fourth-order valence-electron chi connectivity index (χ4n) is 2.24. The number of carbonyl (C=O) groups is 1. The molecule has 0 bridgehead atoms. The number of nitrogens with zero attached hydrogens (tertiary/aromatic N) is 1. The number of benzene rings is 1. The van der Waals surface area contributed by atoms with Crippen LogP contribution in [0.5, 0.6) is 0 Å². The summed E-state index contributed by atoms with van der Waals surface area (Å²) in [6, 6.07) is 3.00. The third-order valence-electron chi connectivity index (χ3n) is 3.29. The van der Waals surface area contributed by atoms with E-state index in [0.29, 0.717) is 10.0 Å². The van der Waals surface area contributed by atoms with Crippen molar-refractivity contribution in [3.8, 4) is 0 Å². The Morgan fingerprint density at radius 1 is 1.50 bits per heavy atom. The van der Waals surface area contributed by atoms with Gasteiger partial charge in [0.2, 0.25) is 0 Å². The first-order valence-electron chi connectivity index (χ1n) is 5.96. The van der Waals surface area contributed by atoms with Gasteiger partial charge in [0.25, 0.3) is 5.91 Å². The molecule has 0 N–H and O–H groups in total. The van der Waals surface area contributed by atoms with Gasteiger partial charge in [0.15, 0.2) is 0 Å². The maximum absolute atomic E-state index is 13.5. The van der Waals surface area contributed by atoms with E-state index in [1.807, 2.05) is 6.92 Å². The molecule has 1 fully saturated rings. The lowest BCUT2D eigenvalue weighted by Crippen LogP contribution is -2.42. The molecule has 18 heavy (non-hydrogen) atoms. The molecule has 5 heteroatoms. The van der Waals surface area contributed by atoms with Gasteiger partial charge in [-0.1, -0.05) is 11.6 Å². The zero-order valence-electron chi connectivity index (χ0n) is 10.0. The SMILES string of the molecule is CC1CCCCN1C(=O)c1cc(F)c(Cl)c(Br)c1. The fraction of sp³-hybridized carbons (Fsp3) is 0.462. The third-order valence-corrected chi connectivity index (χ3v) is 4.53. The van der Waals surface area contributed by atoms with Crippen molar-refractivity contribution in [3.05, 3.63) is 33.0 Å². The van der Waals surface area contributed by atoms with E-state index in [0.717, 1.165) is 25.8 Å². The van der Waals surface area contributed by atoms with Gasteiger partial charge in [0.1, 0.15) is 5.82 Å². The summed E-state index contributed by atoms with van der Waals surface area (Å²) in [7, 11) is 0. The van der Waals surface area contributed by atoms with Crippen LogP contribution in [0.1, 0.15) is 36.5 Å². The number of piperidine rings is 1. The van der Waals surface area contributed by atoms with Gasteiger partial charge in [-0.3, -0.25) is 4.79 Å². The highest BCUT2D eigenvalue weighted by atomic mass is 79.9. The van der Waals surface area contributed by atoms with Gasteiger partial charge in [-0.2, -0.15) is 0 Å². The predicted octanol–water partition coefficient (Wildman–Crippen LogP) is 4.26. The van der Waals surface area contributed by atoms with Crippen LogP contribution in [0.4, 0.5) is 4.39 Å². The fourth-order valence-corrected chi connectivity index (χ4v) is 2.79. The van der Waals surface area contributed by atoms with E-state index in [-0.39, 0.29) is 17.0 Å². The first-order chi connectivity index (χ1) is 8.50. The Kier molecular flexibility index (Phi) is 4.28. The van der Waals surface area contributed by atoms with Crippen LogP contribution in [0.2, 0.25) is 5.02 Å². The van der Waals surface area contributed by atoms with Crippen molar-refractivity contribution < 1.29 is 9.18 Å². The first kappa shape index (κ1) is 13.8. The van der Waals surface area contributed by atoms with Gasteiger partial charge < -0.3 is 4.90 Å². The monoisotopic (exact) mass is 333 g/mol. The maximum Gasteiger partial charge on any atom is 0.254 e. The first-order valence-corrected chi connectivity index (χ1v) is 7.13. The van der Waals surface area contributed by atoms with Crippen molar-refractivity contribution in [3.63, 3.8) is 0 Å². The highest BCUT2D eigenvalue weighted by molar-refractivity contribution is 9.10. The number of likely N-dealkylation sites (tertiary alicyclic amines) is 1. The average Bonchev–Trinajstić information content (AvgIpc) is 2.35. The number of amides is 1. The summed E-state index contributed by atoms with van der Waals surface area (Å²) in [5.74, 6) is -0.697. The van der Waals surface area contributed by atoms with Crippen molar-refractivity contribution in [1.29, 1.82) is 0 Å². The number of hydrogen-bond acceptors (Lipinski definition) is 1. The van der Waals surface area contributed by atoms with Crippen molar-refractivity contribution in [1.82, 2.24) is 4.90 Å². The normalized spacial score (nSPS) is 20.0. The highest BCUT2D eigenvalue weighted by Crippen LogP contribution is 2.28. The molecule has 1 saturated heterocycles. The Labute approximate surface area is 119 Å². The number of carbonyl (C=O) groups excluding carboxylic acids is 1. The van der Waals surface area contributed by atoms with Crippen molar-refractivity contribution in [2.45, 2.75) is 32.2 Å². The molecule has 1 aliphatic rings. The summed E-state index contributed by atoms with van der Waals surface area (Å²) in [6.07, 6.45) is 3.15. The molecule has 0 aliphatic carbocycles. The number of hydrogen-bond donors (Lipinski definition) is 0. The summed E-state index contributed by atoms with van der Waals surface area (Å²) >= 11 is 8.88. The van der Waals surface area contributed by atoms with Gasteiger partial charge >= 0.3 is 0 Å². The van der Waals surface area contributed by atoms with E-state index < -0.39 is 5.82 Å². The predicted molar refractivity (Wildman–Crippen MR) is 73.5 cm³/mol. The van der Waals surface area contributed by atoms with E-state index in [9.17, 15) is 9.18 Å². The molecule has 2 rings (SSSR count). The Morgan fingerprint density at radius 3 is 2.83 bits per heavy atom. The molecule has 0 saturated carbocycles. The number of rotatable bonds is 1. The molecule has 1 aromatic carbocycles. The molecule has 1 aliphatic heterocycles. The molecular weight excluding hydrogens is 321 g/mol. The van der Waals surface area contributed by atoms with Crippen molar-refractivity contribution in [2.75, 3.05) is 6.54 Å². The molecule has 0 spiro atoms. The molecule has 1 aromatic rings. The van der Waals surface area contributed by atoms with Gasteiger partial charge in [-0.05, 0) is 54.2 Å². The Morgan fingerprint density at radius 2 is 2.22 bits per heavy atom. The zero-order chi connectivity index (χ0) is 13.3. The topological polar surface area (TPSA) is 20.3 Å². The summed E-state index contributed by atoms with van der Waals surface area (Å²) in [5.41, 5.74) is 0.345. The lowest BCUT2D eigenvalue weighted by Gasteiger charge is -2.33. The van der Waals surface area contributed by atoms with Gasteiger partial charge in [-0.15, -0.1) is 0 Å². The Balaban J connectivity index is 2.28. The minimum Gasteiger partial charge on any atom is -0.336 e. The number of halogens is 3. The van der Waals surface area contributed by atoms with Crippen LogP contribution in [0, 0.1) is 5.82 Å². The van der Waals surface area contributed by atoms with E-state index in [4.69, 9.17) is 11.6 Å². The summed E-state index contributed by atoms with van der Waals surface area (Å²) in [6.45, 7) is 2.76. The maximum atomic E-state index is 13.5. The molecule has 1 heterocycles. The molecule has 1 unspecified atom stereocenters. The van der Waals surface area contributed by atoms with Crippen LogP contribution >= 0.6 is 27.5 Å². The van der Waals surface area contributed by atoms with E-state index in [2.05, 4.69) is 15.9 Å². The van der Waals surface area contributed by atoms with E-state index >= 15 is 0 Å². The standard InChI is InChI=1S/C13H14BrClFNO/c1-8-4-2-3-5-17(8)13(18)9-6-10(14)12(15)11(16)7-9/h6-8H,2-5H2,1H3. The van der Waals surface area contributed by atoms with Crippen LogP contribution in [0.3, 0.4) is 0 Å². The van der Waals surface area contributed by atoms with Crippen molar-refractivity contribution >= 4 is 33.4 Å². The van der Waals surface area contributed by atoms with Crippen LogP contribution in [0.15, 0.2) is 16.6 Å². The molecule has 0 radical (unpaired) electrons. The second-order valence-electron chi connectivity index (χ2n) is 4.60. The minimum atomic E-state index is -0.570. The second kappa shape index (κ2) is 5.57. The van der Waals surface area contributed by atoms with E-state index in [1.54, 1.807) is 11.0 Å². The Bertz CT molecular complexity index is 457. The summed E-state index contributed by atoms with van der Waals surface area (Å²) in [5, 5.41) is 0.0123. The van der Waals surface area contributed by atoms with Crippen LogP contribution < -0.4 is 0 Å². The lowest BCUT2D eigenvalue weighted by molar-refractivity contribution is 0.0635. The lowest BCUT2D eigenvalue weighted by atomic mass is 10.0. The molecule has 98 valence electrons. The smallest absolute Gasteiger partial charge is 0.254 e. The van der Waals surface area contributed by atoms with Gasteiger partial charge in [0.05, 0.1) is 5.02 Å². The highest BCUT2D eigenvalue weighted by Gasteiger charge is 2.25. The largest absolute Gasteiger partial charge is 0.336 e. The third kappa shape index (κ3) is 2.69. The van der Waals surface area contributed by atoms with Gasteiger partial charge in [0, 0.05) is 22.6 Å².